The van der Waals surface area contributed by atoms with Gasteiger partial charge in [0.1, 0.15) is 0 Å². The summed E-state index contributed by atoms with van der Waals surface area (Å²) in [5, 5.41) is 6.43. The minimum absolute atomic E-state index is 0.0229. The molecule has 0 amide bonds. The molecule has 1 aromatic heterocycles. The normalized spacial score (nSPS) is 11.5. The summed E-state index contributed by atoms with van der Waals surface area (Å²) >= 11 is 0. The molecule has 0 radical (unpaired) electrons. The summed E-state index contributed by atoms with van der Waals surface area (Å²) in [7, 11) is 0. The number of nitrogens with zero attached hydrogens (tertiary/aromatic N) is 2. The van der Waals surface area contributed by atoms with Crippen LogP contribution in [0.1, 0.15) is 19.7 Å². The molecule has 1 aromatic rings. The zero-order valence-corrected chi connectivity index (χ0v) is 7.79. The highest BCUT2D eigenvalue weighted by Gasteiger charge is 2.01. The molecule has 0 aliphatic rings. The Morgan fingerprint density at radius 1 is 1.54 bits per heavy atom. The first kappa shape index (κ1) is 9.44. The number of nitrogens with one attached hydrogen (secondary N) is 1. The van der Waals surface area contributed by atoms with Crippen LogP contribution in [0.4, 0.5) is 5.95 Å². The smallest absolute Gasteiger partial charge is 0.267 e. The van der Waals surface area contributed by atoms with Gasteiger partial charge < -0.3 is 9.84 Å². The molecule has 0 saturated carbocycles. The minimum Gasteiger partial charge on any atom is -0.338 e. The summed E-state index contributed by atoms with van der Waals surface area (Å²) in [6.45, 7) is 4.93. The molecule has 0 aliphatic carbocycles. The largest absolute Gasteiger partial charge is 0.338 e. The number of ketones is 1. The van der Waals surface area contributed by atoms with E-state index in [1.54, 1.807) is 13.8 Å². The zero-order valence-electron chi connectivity index (χ0n) is 7.79. The molecular formula is C8H11N3O2. The number of rotatable bonds is 3. The van der Waals surface area contributed by atoms with Gasteiger partial charge in [0.2, 0.25) is 5.89 Å². The summed E-state index contributed by atoms with van der Waals surface area (Å²) in [5.74, 6) is 0.829. The topological polar surface area (TPSA) is 68.0 Å². The predicted octanol–water partition coefficient (Wildman–Crippen LogP) is 1.28. The number of aryl methyl sites for hydroxylation is 1. The second-order valence-corrected chi connectivity index (χ2v) is 2.70. The molecule has 5 heteroatoms. The van der Waals surface area contributed by atoms with Gasteiger partial charge in [-0.3, -0.25) is 4.79 Å². The molecule has 0 saturated heterocycles. The first-order valence-corrected chi connectivity index (χ1v) is 3.84. The van der Waals surface area contributed by atoms with Crippen LogP contribution < -0.4 is 5.32 Å². The quantitative estimate of drug-likeness (QED) is 0.711. The third-order valence-electron chi connectivity index (χ3n) is 1.26. The standard InChI is InChI=1S/C8H11N3O2/c1-5(4-6(2)12)9-8-10-7(3)13-11-8/h4H,1-3H3,(H,9,11)/b5-4-. The molecule has 0 spiro atoms. The molecular weight excluding hydrogens is 170 g/mol. The number of anilines is 1. The highest BCUT2D eigenvalue weighted by atomic mass is 16.5. The fourth-order valence-electron chi connectivity index (χ4n) is 0.867. The van der Waals surface area contributed by atoms with E-state index in [1.807, 2.05) is 0 Å². The summed E-state index contributed by atoms with van der Waals surface area (Å²) in [4.78, 5) is 14.6. The van der Waals surface area contributed by atoms with E-state index in [1.165, 1.54) is 13.0 Å². The fraction of sp³-hybridized carbons (Fsp3) is 0.375. The molecule has 0 atom stereocenters. The van der Waals surface area contributed by atoms with Gasteiger partial charge in [0.25, 0.3) is 5.95 Å². The van der Waals surface area contributed by atoms with E-state index in [4.69, 9.17) is 4.52 Å². The summed E-state index contributed by atoms with van der Waals surface area (Å²) in [6, 6.07) is 0. The highest BCUT2D eigenvalue weighted by Crippen LogP contribution is 2.04. The fourth-order valence-corrected chi connectivity index (χ4v) is 0.867. The lowest BCUT2D eigenvalue weighted by atomic mass is 10.3. The summed E-state index contributed by atoms with van der Waals surface area (Å²) in [6.07, 6.45) is 1.46. The number of allylic oxidation sites excluding steroid dienone is 2. The lowest BCUT2D eigenvalue weighted by molar-refractivity contribution is -0.112. The Hall–Kier alpha value is -1.65. The monoisotopic (exact) mass is 181 g/mol. The van der Waals surface area contributed by atoms with Gasteiger partial charge in [-0.15, -0.1) is 0 Å². The molecule has 0 aromatic carbocycles. The molecule has 0 bridgehead atoms. The molecule has 70 valence electrons. The van der Waals surface area contributed by atoms with Crippen molar-refractivity contribution < 1.29 is 9.32 Å². The maximum atomic E-state index is 10.7. The van der Waals surface area contributed by atoms with Crippen molar-refractivity contribution in [2.75, 3.05) is 5.32 Å². The van der Waals surface area contributed by atoms with Gasteiger partial charge in [-0.25, -0.2) is 0 Å². The summed E-state index contributed by atoms with van der Waals surface area (Å²) in [5.41, 5.74) is 0.688. The average molecular weight is 181 g/mol. The van der Waals surface area contributed by atoms with E-state index in [2.05, 4.69) is 15.5 Å². The first-order valence-electron chi connectivity index (χ1n) is 3.84. The van der Waals surface area contributed by atoms with Gasteiger partial charge in [-0.05, 0) is 25.1 Å². The molecule has 5 nitrogen and oxygen atoms in total. The molecule has 1 rings (SSSR count). The van der Waals surface area contributed by atoms with Crippen molar-refractivity contribution in [2.24, 2.45) is 0 Å². The third kappa shape index (κ3) is 3.06. The van der Waals surface area contributed by atoms with Crippen LogP contribution in [-0.2, 0) is 4.79 Å². The average Bonchev–Trinajstić information content (AvgIpc) is 2.33. The molecule has 13 heavy (non-hydrogen) atoms. The van der Waals surface area contributed by atoms with Crippen molar-refractivity contribution >= 4 is 11.7 Å². The summed E-state index contributed by atoms with van der Waals surface area (Å²) < 4.78 is 4.73. The SMILES string of the molecule is CC(=O)/C=C(/C)Nc1noc(C)n1. The van der Waals surface area contributed by atoms with Crippen molar-refractivity contribution in [3.05, 3.63) is 17.7 Å². The molecule has 1 N–H and O–H groups in total. The third-order valence-corrected chi connectivity index (χ3v) is 1.26. The van der Waals surface area contributed by atoms with E-state index in [0.29, 0.717) is 17.5 Å². The molecule has 0 aliphatic heterocycles. The Labute approximate surface area is 75.8 Å². The van der Waals surface area contributed by atoms with Gasteiger partial charge in [0.05, 0.1) is 0 Å². The van der Waals surface area contributed by atoms with E-state index >= 15 is 0 Å². The Kier molecular flexibility index (Phi) is 2.79. The van der Waals surface area contributed by atoms with Gasteiger partial charge in [-0.2, -0.15) is 4.98 Å². The van der Waals surface area contributed by atoms with E-state index in [0.717, 1.165) is 0 Å². The second kappa shape index (κ2) is 3.84. The van der Waals surface area contributed by atoms with Crippen molar-refractivity contribution in [1.29, 1.82) is 0 Å². The van der Waals surface area contributed by atoms with Crippen molar-refractivity contribution in [2.45, 2.75) is 20.8 Å². The molecule has 1 heterocycles. The van der Waals surface area contributed by atoms with Crippen LogP contribution in [-0.4, -0.2) is 15.9 Å². The van der Waals surface area contributed by atoms with E-state index < -0.39 is 0 Å². The van der Waals surface area contributed by atoms with Gasteiger partial charge in [-0.1, -0.05) is 0 Å². The zero-order chi connectivity index (χ0) is 9.84. The van der Waals surface area contributed by atoms with E-state index in [-0.39, 0.29) is 5.78 Å². The Morgan fingerprint density at radius 3 is 2.69 bits per heavy atom. The second-order valence-electron chi connectivity index (χ2n) is 2.70. The maximum absolute atomic E-state index is 10.7. The lowest BCUT2D eigenvalue weighted by Gasteiger charge is -1.97. The lowest BCUT2D eigenvalue weighted by Crippen LogP contribution is -1.99. The number of hydrogen-bond donors (Lipinski definition) is 1. The highest BCUT2D eigenvalue weighted by molar-refractivity contribution is 5.88. The van der Waals surface area contributed by atoms with Crippen LogP contribution in [0.2, 0.25) is 0 Å². The van der Waals surface area contributed by atoms with Crippen LogP contribution in [0.25, 0.3) is 0 Å². The molecule has 0 unspecified atom stereocenters. The van der Waals surface area contributed by atoms with Gasteiger partial charge >= 0.3 is 0 Å². The van der Waals surface area contributed by atoms with Crippen molar-refractivity contribution in [3.63, 3.8) is 0 Å². The maximum Gasteiger partial charge on any atom is 0.267 e. The Morgan fingerprint density at radius 2 is 2.23 bits per heavy atom. The van der Waals surface area contributed by atoms with Crippen molar-refractivity contribution in [1.82, 2.24) is 10.1 Å². The predicted molar refractivity (Wildman–Crippen MR) is 47.1 cm³/mol. The first-order chi connectivity index (χ1) is 6.08. The van der Waals surface area contributed by atoms with Crippen LogP contribution >= 0.6 is 0 Å². The van der Waals surface area contributed by atoms with Gasteiger partial charge in [0.15, 0.2) is 5.78 Å². The van der Waals surface area contributed by atoms with Crippen molar-refractivity contribution in [3.8, 4) is 0 Å². The number of hydrogen-bond acceptors (Lipinski definition) is 5. The number of carbonyl (C=O) groups is 1. The Balaban J connectivity index is 2.64. The van der Waals surface area contributed by atoms with Crippen LogP contribution in [0, 0.1) is 6.92 Å². The van der Waals surface area contributed by atoms with E-state index in [9.17, 15) is 4.79 Å². The van der Waals surface area contributed by atoms with Crippen LogP contribution in [0.5, 0.6) is 0 Å². The van der Waals surface area contributed by atoms with Gasteiger partial charge in [0, 0.05) is 12.6 Å². The van der Waals surface area contributed by atoms with Crippen LogP contribution in [0.15, 0.2) is 16.3 Å². The van der Waals surface area contributed by atoms with Crippen LogP contribution in [0.3, 0.4) is 0 Å². The minimum atomic E-state index is -0.0229. The molecule has 0 fully saturated rings. The number of aromatic nitrogens is 2. The number of carbonyl (C=O) groups excluding carboxylic acids is 1. The Bertz CT molecular complexity index is 341.